The minimum Gasteiger partial charge on any atom is -0.497 e. The van der Waals surface area contributed by atoms with Crippen LogP contribution in [0.4, 0.5) is 0 Å². The van der Waals surface area contributed by atoms with E-state index in [9.17, 15) is 5.11 Å². The fourth-order valence-corrected chi connectivity index (χ4v) is 4.00. The van der Waals surface area contributed by atoms with E-state index in [1.165, 1.54) is 4.70 Å². The molecular weight excluding hydrogens is 513 g/mol. The normalized spacial score (nSPS) is 12.2. The van der Waals surface area contributed by atoms with Gasteiger partial charge in [-0.2, -0.15) is 0 Å². The Balaban J connectivity index is 0.00000320. The van der Waals surface area contributed by atoms with Gasteiger partial charge in [-0.3, -0.25) is 0 Å². The second kappa shape index (κ2) is 12.0. The maximum Gasteiger partial charge on any atom is 0.191 e. The highest BCUT2D eigenvalue weighted by atomic mass is 127. The molecular formula is C22H28IN3O3S. The van der Waals surface area contributed by atoms with E-state index in [2.05, 4.69) is 27.8 Å². The Morgan fingerprint density at radius 3 is 2.60 bits per heavy atom. The maximum atomic E-state index is 10.6. The highest BCUT2D eigenvalue weighted by molar-refractivity contribution is 14.0. The number of thiophene rings is 1. The summed E-state index contributed by atoms with van der Waals surface area (Å²) in [7, 11) is 3.26. The van der Waals surface area contributed by atoms with E-state index in [4.69, 9.17) is 9.47 Å². The molecule has 0 saturated carbocycles. The summed E-state index contributed by atoms with van der Waals surface area (Å²) in [4.78, 5) is 5.56. The molecule has 0 aliphatic carbocycles. The average molecular weight is 541 g/mol. The molecule has 0 amide bonds. The van der Waals surface area contributed by atoms with Crippen molar-refractivity contribution in [3.8, 4) is 11.5 Å². The summed E-state index contributed by atoms with van der Waals surface area (Å²) < 4.78 is 11.8. The first-order valence-corrected chi connectivity index (χ1v) is 10.4. The van der Waals surface area contributed by atoms with E-state index in [-0.39, 0.29) is 24.0 Å². The Kier molecular flexibility index (Phi) is 9.67. The fraction of sp³-hybridized carbons (Fsp3) is 0.318. The smallest absolute Gasteiger partial charge is 0.191 e. The molecule has 0 fully saturated rings. The van der Waals surface area contributed by atoms with Crippen LogP contribution in [0, 0.1) is 0 Å². The predicted molar refractivity (Wildman–Crippen MR) is 135 cm³/mol. The third kappa shape index (κ3) is 6.23. The largest absolute Gasteiger partial charge is 0.497 e. The number of aliphatic imine (C=N–C) groups is 1. The molecule has 1 aromatic heterocycles. The van der Waals surface area contributed by atoms with Crippen molar-refractivity contribution in [2.45, 2.75) is 19.6 Å². The van der Waals surface area contributed by atoms with Crippen molar-refractivity contribution in [3.63, 3.8) is 0 Å². The van der Waals surface area contributed by atoms with Crippen LogP contribution in [0.5, 0.6) is 11.5 Å². The number of hydrogen-bond acceptors (Lipinski definition) is 5. The summed E-state index contributed by atoms with van der Waals surface area (Å²) in [5, 5.41) is 18.2. The van der Waals surface area contributed by atoms with Crippen LogP contribution in [0.25, 0.3) is 10.1 Å². The van der Waals surface area contributed by atoms with Gasteiger partial charge < -0.3 is 25.2 Å². The highest BCUT2D eigenvalue weighted by Crippen LogP contribution is 2.29. The monoisotopic (exact) mass is 541 g/mol. The zero-order valence-electron chi connectivity index (χ0n) is 17.3. The Morgan fingerprint density at radius 1 is 1.10 bits per heavy atom. The molecule has 6 nitrogen and oxygen atoms in total. The van der Waals surface area contributed by atoms with Gasteiger partial charge in [0.1, 0.15) is 17.6 Å². The Labute approximate surface area is 198 Å². The fourth-order valence-electron chi connectivity index (χ4n) is 2.95. The maximum absolute atomic E-state index is 10.6. The van der Waals surface area contributed by atoms with Crippen LogP contribution in [-0.2, 0) is 6.54 Å². The van der Waals surface area contributed by atoms with Crippen molar-refractivity contribution >= 4 is 51.4 Å². The number of rotatable bonds is 8. The van der Waals surface area contributed by atoms with Crippen molar-refractivity contribution in [2.24, 2.45) is 4.99 Å². The van der Waals surface area contributed by atoms with Gasteiger partial charge in [-0.1, -0.05) is 18.2 Å². The molecule has 3 aromatic rings. The zero-order chi connectivity index (χ0) is 20.6. The van der Waals surface area contributed by atoms with Crippen LogP contribution in [0.15, 0.2) is 53.5 Å². The van der Waals surface area contributed by atoms with Gasteiger partial charge in [0.25, 0.3) is 0 Å². The third-order valence-electron chi connectivity index (χ3n) is 4.48. The molecule has 0 saturated heterocycles. The first-order chi connectivity index (χ1) is 14.1. The number of halogens is 1. The minimum atomic E-state index is -0.605. The van der Waals surface area contributed by atoms with E-state index in [0.717, 1.165) is 33.9 Å². The summed E-state index contributed by atoms with van der Waals surface area (Å²) in [6.45, 7) is 3.55. The summed E-state index contributed by atoms with van der Waals surface area (Å²) in [5.41, 5.74) is 0.954. The highest BCUT2D eigenvalue weighted by Gasteiger charge is 2.12. The number of aliphatic hydroxyl groups is 1. The van der Waals surface area contributed by atoms with E-state index < -0.39 is 6.10 Å². The first-order valence-electron chi connectivity index (χ1n) is 9.54. The molecule has 0 aliphatic heterocycles. The van der Waals surface area contributed by atoms with Crippen molar-refractivity contribution < 1.29 is 14.6 Å². The van der Waals surface area contributed by atoms with Crippen LogP contribution < -0.4 is 20.1 Å². The molecule has 0 aliphatic rings. The number of guanidine groups is 1. The van der Waals surface area contributed by atoms with Gasteiger partial charge >= 0.3 is 0 Å². The van der Waals surface area contributed by atoms with E-state index >= 15 is 0 Å². The number of aliphatic hydroxyl groups excluding tert-OH is 1. The van der Waals surface area contributed by atoms with Crippen molar-refractivity contribution in [1.29, 1.82) is 0 Å². The summed E-state index contributed by atoms with van der Waals surface area (Å²) >= 11 is 1.61. The van der Waals surface area contributed by atoms with Gasteiger partial charge in [-0.15, -0.1) is 35.3 Å². The van der Waals surface area contributed by atoms with Gasteiger partial charge in [0.2, 0.25) is 0 Å². The Bertz CT molecular complexity index is 944. The number of methoxy groups -OCH3 is 2. The first kappa shape index (κ1) is 24.2. The second-order valence-electron chi connectivity index (χ2n) is 6.46. The van der Waals surface area contributed by atoms with Crippen molar-refractivity contribution in [2.75, 3.05) is 27.3 Å². The molecule has 0 bridgehead atoms. The molecule has 0 spiro atoms. The lowest BCUT2D eigenvalue weighted by Gasteiger charge is -2.15. The van der Waals surface area contributed by atoms with E-state index in [0.29, 0.717) is 19.0 Å². The standard InChI is InChI=1S/C22H27N3O3S.HI/c1-4-23-22(24-13-16-9-10-17(27-2)12-19(16)28-3)25-14-18(26)21-11-15-7-5-6-8-20(15)29-21;/h5-12,18,26H,4,13-14H2,1-3H3,(H2,23,24,25);1H. The average Bonchev–Trinajstić information content (AvgIpc) is 3.19. The predicted octanol–water partition coefficient (Wildman–Crippen LogP) is 4.33. The second-order valence-corrected chi connectivity index (χ2v) is 7.57. The number of ether oxygens (including phenoxy) is 2. The van der Waals surface area contributed by atoms with Crippen molar-refractivity contribution in [3.05, 3.63) is 59.0 Å². The lowest BCUT2D eigenvalue weighted by molar-refractivity contribution is 0.184. The topological polar surface area (TPSA) is 75.1 Å². The van der Waals surface area contributed by atoms with Gasteiger partial charge in [0.15, 0.2) is 5.96 Å². The van der Waals surface area contributed by atoms with Crippen LogP contribution in [0.2, 0.25) is 0 Å². The van der Waals surface area contributed by atoms with Gasteiger partial charge in [-0.25, -0.2) is 4.99 Å². The number of fused-ring (bicyclic) bond motifs is 1. The van der Waals surface area contributed by atoms with Crippen molar-refractivity contribution in [1.82, 2.24) is 10.6 Å². The summed E-state index contributed by atoms with van der Waals surface area (Å²) in [6.07, 6.45) is -0.605. The van der Waals surface area contributed by atoms with Crippen LogP contribution >= 0.6 is 35.3 Å². The van der Waals surface area contributed by atoms with E-state index in [1.807, 2.05) is 43.3 Å². The molecule has 30 heavy (non-hydrogen) atoms. The molecule has 3 rings (SSSR count). The molecule has 3 N–H and O–H groups in total. The summed E-state index contributed by atoms with van der Waals surface area (Å²) in [5.74, 6) is 2.12. The molecule has 1 unspecified atom stereocenters. The van der Waals surface area contributed by atoms with Crippen LogP contribution in [0.1, 0.15) is 23.5 Å². The van der Waals surface area contributed by atoms with Gasteiger partial charge in [-0.05, 0) is 36.6 Å². The lowest BCUT2D eigenvalue weighted by atomic mass is 10.2. The van der Waals surface area contributed by atoms with Crippen LogP contribution in [0.3, 0.4) is 0 Å². The molecule has 1 atom stereocenters. The number of nitrogens with one attached hydrogen (secondary N) is 2. The zero-order valence-corrected chi connectivity index (χ0v) is 20.5. The lowest BCUT2D eigenvalue weighted by Crippen LogP contribution is -2.39. The van der Waals surface area contributed by atoms with E-state index in [1.54, 1.807) is 25.6 Å². The van der Waals surface area contributed by atoms with Crippen LogP contribution in [-0.4, -0.2) is 38.4 Å². The molecule has 2 aromatic carbocycles. The summed E-state index contributed by atoms with van der Waals surface area (Å²) in [6, 6.07) is 15.9. The van der Waals surface area contributed by atoms with Gasteiger partial charge in [0, 0.05) is 34.3 Å². The molecule has 162 valence electrons. The number of hydrogen-bond donors (Lipinski definition) is 3. The number of benzene rings is 2. The molecule has 0 radical (unpaired) electrons. The number of nitrogens with zero attached hydrogens (tertiary/aromatic N) is 1. The quantitative estimate of drug-likeness (QED) is 0.225. The van der Waals surface area contributed by atoms with Gasteiger partial charge in [0.05, 0.1) is 20.8 Å². The molecule has 8 heteroatoms. The SMILES string of the molecule is CCNC(=NCc1ccc(OC)cc1OC)NCC(O)c1cc2ccccc2s1.I. The Morgan fingerprint density at radius 2 is 1.90 bits per heavy atom. The third-order valence-corrected chi connectivity index (χ3v) is 5.70. The minimum absolute atomic E-state index is 0. The molecule has 1 heterocycles. The Hall–Kier alpha value is -2.04.